The minimum Gasteiger partial charge on any atom is -0.320 e. The number of hydrogen-bond acceptors (Lipinski definition) is 2. The van der Waals surface area contributed by atoms with Crippen molar-refractivity contribution in [1.82, 2.24) is 15.1 Å². The molecule has 0 unspecified atom stereocenters. The topological polar surface area (TPSA) is 29.9 Å². The van der Waals surface area contributed by atoms with Crippen molar-refractivity contribution in [2.45, 2.75) is 52.5 Å². The molecule has 0 aliphatic rings. The molecule has 92 valence electrons. The molecule has 0 saturated carbocycles. The molecule has 1 rings (SSSR count). The Hall–Kier alpha value is -0.830. The predicted octanol–water partition coefficient (Wildman–Crippen LogP) is 2.74. The fourth-order valence-electron chi connectivity index (χ4n) is 1.88. The maximum atomic E-state index is 4.69. The fraction of sp³-hybridized carbons (Fsp3) is 0.769. The summed E-state index contributed by atoms with van der Waals surface area (Å²) in [6, 6.07) is 2.72. The van der Waals surface area contributed by atoms with Crippen LogP contribution in [0.4, 0.5) is 0 Å². The summed E-state index contributed by atoms with van der Waals surface area (Å²) in [4.78, 5) is 0. The summed E-state index contributed by atoms with van der Waals surface area (Å²) in [5, 5.41) is 7.86. The molecule has 0 amide bonds. The Kier molecular flexibility index (Phi) is 5.00. The van der Waals surface area contributed by atoms with E-state index in [4.69, 9.17) is 5.10 Å². The molecular formula is C13H25N3. The SMILES string of the molecule is CNCCCc1cc(C(C)C)n(C(C)C)n1. The predicted molar refractivity (Wildman–Crippen MR) is 68.9 cm³/mol. The molecule has 1 heterocycles. The van der Waals surface area contributed by atoms with E-state index in [1.54, 1.807) is 0 Å². The van der Waals surface area contributed by atoms with Crippen LogP contribution in [-0.4, -0.2) is 23.4 Å². The van der Waals surface area contributed by atoms with Gasteiger partial charge in [-0.25, -0.2) is 0 Å². The summed E-state index contributed by atoms with van der Waals surface area (Å²) >= 11 is 0. The van der Waals surface area contributed by atoms with Gasteiger partial charge in [-0.3, -0.25) is 4.68 Å². The number of aromatic nitrogens is 2. The molecule has 1 aromatic rings. The summed E-state index contributed by atoms with van der Waals surface area (Å²) in [7, 11) is 1.99. The van der Waals surface area contributed by atoms with Gasteiger partial charge in [0.2, 0.25) is 0 Å². The first kappa shape index (κ1) is 13.2. The molecule has 0 bridgehead atoms. The minimum absolute atomic E-state index is 0.454. The van der Waals surface area contributed by atoms with Crippen LogP contribution in [0, 0.1) is 0 Å². The summed E-state index contributed by atoms with van der Waals surface area (Å²) in [5.74, 6) is 0.549. The van der Waals surface area contributed by atoms with Crippen molar-refractivity contribution < 1.29 is 0 Å². The zero-order valence-corrected chi connectivity index (χ0v) is 11.2. The molecule has 0 saturated heterocycles. The minimum atomic E-state index is 0.454. The molecule has 0 aromatic carbocycles. The summed E-state index contributed by atoms with van der Waals surface area (Å²) < 4.78 is 2.17. The van der Waals surface area contributed by atoms with E-state index < -0.39 is 0 Å². The van der Waals surface area contributed by atoms with E-state index in [1.165, 1.54) is 11.4 Å². The van der Waals surface area contributed by atoms with Gasteiger partial charge in [0.15, 0.2) is 0 Å². The van der Waals surface area contributed by atoms with Crippen LogP contribution in [0.2, 0.25) is 0 Å². The van der Waals surface area contributed by atoms with Gasteiger partial charge in [0.05, 0.1) is 5.69 Å². The maximum absolute atomic E-state index is 4.69. The van der Waals surface area contributed by atoms with Gasteiger partial charge in [0, 0.05) is 11.7 Å². The first-order chi connectivity index (χ1) is 7.56. The lowest BCUT2D eigenvalue weighted by molar-refractivity contribution is 0.492. The molecule has 16 heavy (non-hydrogen) atoms. The Bertz CT molecular complexity index is 287. The summed E-state index contributed by atoms with van der Waals surface area (Å²) in [6.45, 7) is 9.90. The average Bonchev–Trinajstić information content (AvgIpc) is 2.62. The van der Waals surface area contributed by atoms with Crippen LogP contribution >= 0.6 is 0 Å². The molecule has 0 atom stereocenters. The van der Waals surface area contributed by atoms with E-state index >= 15 is 0 Å². The highest BCUT2D eigenvalue weighted by Gasteiger charge is 2.12. The second kappa shape index (κ2) is 6.04. The van der Waals surface area contributed by atoms with E-state index in [2.05, 4.69) is 43.8 Å². The van der Waals surface area contributed by atoms with Crippen molar-refractivity contribution in [3.05, 3.63) is 17.5 Å². The van der Waals surface area contributed by atoms with Crippen molar-refractivity contribution in [3.8, 4) is 0 Å². The Labute approximate surface area is 99.2 Å². The van der Waals surface area contributed by atoms with Crippen molar-refractivity contribution in [3.63, 3.8) is 0 Å². The van der Waals surface area contributed by atoms with E-state index in [1.807, 2.05) is 7.05 Å². The second-order valence-corrected chi connectivity index (χ2v) is 4.96. The molecule has 0 radical (unpaired) electrons. The largest absolute Gasteiger partial charge is 0.320 e. The van der Waals surface area contributed by atoms with Crippen LogP contribution in [0.25, 0.3) is 0 Å². The molecule has 1 aromatic heterocycles. The van der Waals surface area contributed by atoms with Crippen LogP contribution in [0.1, 0.15) is 57.5 Å². The quantitative estimate of drug-likeness (QED) is 0.752. The third-order valence-electron chi connectivity index (χ3n) is 2.76. The fourth-order valence-corrected chi connectivity index (χ4v) is 1.88. The van der Waals surface area contributed by atoms with Gasteiger partial charge in [-0.05, 0) is 52.3 Å². The van der Waals surface area contributed by atoms with Gasteiger partial charge in [0.25, 0.3) is 0 Å². The Morgan fingerprint density at radius 1 is 1.31 bits per heavy atom. The lowest BCUT2D eigenvalue weighted by Crippen LogP contribution is -2.10. The number of hydrogen-bond donors (Lipinski definition) is 1. The maximum Gasteiger partial charge on any atom is 0.0628 e. The summed E-state index contributed by atoms with van der Waals surface area (Å²) in [6.07, 6.45) is 2.23. The zero-order chi connectivity index (χ0) is 12.1. The van der Waals surface area contributed by atoms with Crippen LogP contribution in [0.15, 0.2) is 6.07 Å². The first-order valence-electron chi connectivity index (χ1n) is 6.29. The van der Waals surface area contributed by atoms with Crippen LogP contribution in [0.5, 0.6) is 0 Å². The molecule has 0 spiro atoms. The monoisotopic (exact) mass is 223 g/mol. The van der Waals surface area contributed by atoms with Crippen LogP contribution in [0.3, 0.4) is 0 Å². The zero-order valence-electron chi connectivity index (χ0n) is 11.2. The Balaban J connectivity index is 2.76. The van der Waals surface area contributed by atoms with Gasteiger partial charge in [0.1, 0.15) is 0 Å². The molecular weight excluding hydrogens is 198 g/mol. The molecule has 1 N–H and O–H groups in total. The first-order valence-corrected chi connectivity index (χ1v) is 6.29. The number of rotatable bonds is 6. The highest BCUT2D eigenvalue weighted by molar-refractivity contribution is 5.14. The van der Waals surface area contributed by atoms with Crippen molar-refractivity contribution >= 4 is 0 Å². The summed E-state index contributed by atoms with van der Waals surface area (Å²) in [5.41, 5.74) is 2.59. The van der Waals surface area contributed by atoms with Crippen LogP contribution in [-0.2, 0) is 6.42 Å². The van der Waals surface area contributed by atoms with Crippen molar-refractivity contribution in [1.29, 1.82) is 0 Å². The van der Waals surface area contributed by atoms with Gasteiger partial charge < -0.3 is 5.32 Å². The third-order valence-corrected chi connectivity index (χ3v) is 2.76. The highest BCUT2D eigenvalue weighted by atomic mass is 15.3. The smallest absolute Gasteiger partial charge is 0.0628 e. The van der Waals surface area contributed by atoms with Crippen LogP contribution < -0.4 is 5.32 Å². The highest BCUT2D eigenvalue weighted by Crippen LogP contribution is 2.20. The van der Waals surface area contributed by atoms with E-state index in [0.29, 0.717) is 12.0 Å². The normalized spacial score (nSPS) is 11.7. The molecule has 0 aliphatic carbocycles. The van der Waals surface area contributed by atoms with E-state index in [-0.39, 0.29) is 0 Å². The van der Waals surface area contributed by atoms with E-state index in [0.717, 1.165) is 19.4 Å². The van der Waals surface area contributed by atoms with E-state index in [9.17, 15) is 0 Å². The van der Waals surface area contributed by atoms with Crippen molar-refractivity contribution in [2.75, 3.05) is 13.6 Å². The average molecular weight is 223 g/mol. The van der Waals surface area contributed by atoms with Gasteiger partial charge in [-0.15, -0.1) is 0 Å². The Morgan fingerprint density at radius 3 is 2.44 bits per heavy atom. The van der Waals surface area contributed by atoms with Gasteiger partial charge >= 0.3 is 0 Å². The molecule has 0 aliphatic heterocycles. The van der Waals surface area contributed by atoms with Crippen molar-refractivity contribution in [2.24, 2.45) is 0 Å². The van der Waals surface area contributed by atoms with Gasteiger partial charge in [-0.2, -0.15) is 5.10 Å². The third kappa shape index (κ3) is 3.34. The van der Waals surface area contributed by atoms with Gasteiger partial charge in [-0.1, -0.05) is 13.8 Å². The standard InChI is InChI=1S/C13H25N3/c1-10(2)13-9-12(7-6-8-14-5)15-16(13)11(3)4/h9-11,14H,6-8H2,1-5H3. The number of nitrogens with zero attached hydrogens (tertiary/aromatic N) is 2. The molecule has 3 nitrogen and oxygen atoms in total. The number of aryl methyl sites for hydroxylation is 1. The molecule has 0 fully saturated rings. The lowest BCUT2D eigenvalue weighted by atomic mass is 10.1. The second-order valence-electron chi connectivity index (χ2n) is 4.96. The lowest BCUT2D eigenvalue weighted by Gasteiger charge is -2.12. The number of nitrogens with one attached hydrogen (secondary N) is 1. The Morgan fingerprint density at radius 2 is 2.00 bits per heavy atom. The molecule has 3 heteroatoms.